The van der Waals surface area contributed by atoms with Gasteiger partial charge in [-0.05, 0) is 22.3 Å². The van der Waals surface area contributed by atoms with Gasteiger partial charge < -0.3 is 14.4 Å². The van der Waals surface area contributed by atoms with E-state index in [2.05, 4.69) is 0 Å². The van der Waals surface area contributed by atoms with Gasteiger partial charge in [-0.15, -0.1) is 0 Å². The molecule has 0 spiro atoms. The highest BCUT2D eigenvalue weighted by atomic mass is 16.6. The van der Waals surface area contributed by atoms with Gasteiger partial charge in [-0.3, -0.25) is 4.79 Å². The maximum atomic E-state index is 11.0. The molecule has 2 aromatic carbocycles. The Balaban J connectivity index is 2.13. The SMILES string of the molecule is O=Cc1c(O)ccc2cc(B3OCCO3)ccc12. The number of hydrogen-bond acceptors (Lipinski definition) is 4. The van der Waals surface area contributed by atoms with Crippen LogP contribution in [0.1, 0.15) is 10.4 Å². The van der Waals surface area contributed by atoms with Crippen LogP contribution in [0.5, 0.6) is 5.75 Å². The molecule has 18 heavy (non-hydrogen) atoms. The van der Waals surface area contributed by atoms with Gasteiger partial charge in [0.05, 0.1) is 18.8 Å². The highest BCUT2D eigenvalue weighted by Gasteiger charge is 2.26. The predicted octanol–water partition coefficient (Wildman–Crippen LogP) is 1.10. The van der Waals surface area contributed by atoms with Gasteiger partial charge >= 0.3 is 7.12 Å². The zero-order valence-electron chi connectivity index (χ0n) is 9.63. The molecule has 1 aliphatic rings. The van der Waals surface area contributed by atoms with Gasteiger partial charge in [0.2, 0.25) is 0 Å². The highest BCUT2D eigenvalue weighted by Crippen LogP contribution is 2.25. The minimum atomic E-state index is -0.331. The number of carbonyl (C=O) groups excluding carboxylic acids is 1. The summed E-state index contributed by atoms with van der Waals surface area (Å²) >= 11 is 0. The lowest BCUT2D eigenvalue weighted by Crippen LogP contribution is -2.31. The van der Waals surface area contributed by atoms with Crippen LogP contribution in [0.3, 0.4) is 0 Å². The molecule has 5 heteroatoms. The van der Waals surface area contributed by atoms with E-state index in [1.54, 1.807) is 12.1 Å². The summed E-state index contributed by atoms with van der Waals surface area (Å²) in [6.45, 7) is 1.19. The highest BCUT2D eigenvalue weighted by molar-refractivity contribution is 6.62. The van der Waals surface area contributed by atoms with E-state index in [0.29, 0.717) is 25.1 Å². The van der Waals surface area contributed by atoms with Crippen LogP contribution in [-0.4, -0.2) is 31.7 Å². The molecule has 1 aliphatic heterocycles. The smallest absolute Gasteiger partial charge is 0.494 e. The second-order valence-electron chi connectivity index (χ2n) is 4.17. The third-order valence-corrected chi connectivity index (χ3v) is 3.07. The van der Waals surface area contributed by atoms with Crippen molar-refractivity contribution in [3.8, 4) is 5.75 Å². The molecule has 1 N–H and O–H groups in total. The van der Waals surface area contributed by atoms with Crippen molar-refractivity contribution in [3.05, 3.63) is 35.9 Å². The van der Waals surface area contributed by atoms with Gasteiger partial charge in [-0.2, -0.15) is 0 Å². The molecule has 90 valence electrons. The zero-order chi connectivity index (χ0) is 12.5. The number of fused-ring (bicyclic) bond motifs is 1. The van der Waals surface area contributed by atoms with Crippen LogP contribution in [0.25, 0.3) is 10.8 Å². The summed E-state index contributed by atoms with van der Waals surface area (Å²) in [5.41, 5.74) is 1.23. The maximum absolute atomic E-state index is 11.0. The average Bonchev–Trinajstić information content (AvgIpc) is 2.92. The Morgan fingerprint density at radius 2 is 1.94 bits per heavy atom. The lowest BCUT2D eigenvalue weighted by atomic mass is 9.78. The van der Waals surface area contributed by atoms with Gasteiger partial charge in [0.1, 0.15) is 5.75 Å². The predicted molar refractivity (Wildman–Crippen MR) is 68.3 cm³/mol. The number of phenols is 1. The van der Waals surface area contributed by atoms with Crippen LogP contribution >= 0.6 is 0 Å². The number of rotatable bonds is 2. The molecule has 2 aromatic rings. The van der Waals surface area contributed by atoms with Crippen molar-refractivity contribution < 1.29 is 19.2 Å². The number of benzene rings is 2. The number of hydrogen-bond donors (Lipinski definition) is 1. The Labute approximate surface area is 104 Å². The Morgan fingerprint density at radius 3 is 2.67 bits per heavy atom. The van der Waals surface area contributed by atoms with E-state index in [4.69, 9.17) is 9.31 Å². The fraction of sp³-hybridized carbons (Fsp3) is 0.154. The second kappa shape index (κ2) is 4.44. The van der Waals surface area contributed by atoms with Crippen LogP contribution in [0, 0.1) is 0 Å². The molecule has 1 fully saturated rings. The van der Waals surface area contributed by atoms with Crippen molar-refractivity contribution in [1.29, 1.82) is 0 Å². The topological polar surface area (TPSA) is 55.8 Å². The summed E-state index contributed by atoms with van der Waals surface area (Å²) in [7, 11) is -0.331. The molecule has 3 rings (SSSR count). The summed E-state index contributed by atoms with van der Waals surface area (Å²) in [6.07, 6.45) is 0.667. The van der Waals surface area contributed by atoms with E-state index in [9.17, 15) is 9.90 Å². The summed E-state index contributed by atoms with van der Waals surface area (Å²) in [5.74, 6) is -0.00128. The molecule has 0 saturated carbocycles. The second-order valence-corrected chi connectivity index (χ2v) is 4.17. The fourth-order valence-corrected chi connectivity index (χ4v) is 2.18. The summed E-state index contributed by atoms with van der Waals surface area (Å²) in [4.78, 5) is 11.0. The molecule has 0 radical (unpaired) electrons. The molecule has 0 atom stereocenters. The van der Waals surface area contributed by atoms with Crippen molar-refractivity contribution in [2.24, 2.45) is 0 Å². The standard InChI is InChI=1S/C13H11BO4/c15-8-12-11-3-2-10(14-17-5-6-18-14)7-9(11)1-4-13(12)16/h1-4,7-8,16H,5-6H2. The lowest BCUT2D eigenvalue weighted by molar-refractivity contribution is 0.112. The zero-order valence-corrected chi connectivity index (χ0v) is 9.63. The van der Waals surface area contributed by atoms with Crippen LogP contribution in [0.2, 0.25) is 0 Å². The van der Waals surface area contributed by atoms with Crippen molar-refractivity contribution in [3.63, 3.8) is 0 Å². The first-order chi connectivity index (χ1) is 8.79. The summed E-state index contributed by atoms with van der Waals surface area (Å²) in [5, 5.41) is 11.2. The maximum Gasteiger partial charge on any atom is 0.494 e. The van der Waals surface area contributed by atoms with E-state index >= 15 is 0 Å². The summed E-state index contributed by atoms with van der Waals surface area (Å²) in [6, 6.07) is 8.87. The largest absolute Gasteiger partial charge is 0.507 e. The van der Waals surface area contributed by atoms with Crippen molar-refractivity contribution in [2.75, 3.05) is 13.2 Å². The van der Waals surface area contributed by atoms with E-state index in [-0.39, 0.29) is 12.9 Å². The first-order valence-corrected chi connectivity index (χ1v) is 5.73. The first-order valence-electron chi connectivity index (χ1n) is 5.73. The van der Waals surface area contributed by atoms with E-state index in [0.717, 1.165) is 16.2 Å². The van der Waals surface area contributed by atoms with E-state index in [1.165, 1.54) is 6.07 Å². The third kappa shape index (κ3) is 1.77. The molecule has 0 amide bonds. The lowest BCUT2D eigenvalue weighted by Gasteiger charge is -2.08. The quantitative estimate of drug-likeness (QED) is 0.632. The monoisotopic (exact) mass is 242 g/mol. The van der Waals surface area contributed by atoms with Gasteiger partial charge in [0.25, 0.3) is 0 Å². The molecule has 4 nitrogen and oxygen atoms in total. The van der Waals surface area contributed by atoms with E-state index < -0.39 is 0 Å². The normalized spacial score (nSPS) is 15.2. The number of aldehydes is 1. The molecule has 0 aromatic heterocycles. The Kier molecular flexibility index (Phi) is 2.78. The fourth-order valence-electron chi connectivity index (χ4n) is 2.18. The Hall–Kier alpha value is -1.85. The molecular formula is C13H11BO4. The Morgan fingerprint density at radius 1 is 1.17 bits per heavy atom. The van der Waals surface area contributed by atoms with Gasteiger partial charge in [-0.25, -0.2) is 0 Å². The van der Waals surface area contributed by atoms with Crippen LogP contribution < -0.4 is 5.46 Å². The van der Waals surface area contributed by atoms with Crippen LogP contribution in [-0.2, 0) is 9.31 Å². The molecule has 0 unspecified atom stereocenters. The number of phenolic OH excluding ortho intramolecular Hbond substituents is 1. The molecule has 0 aliphatic carbocycles. The average molecular weight is 242 g/mol. The van der Waals surface area contributed by atoms with E-state index in [1.807, 2.05) is 12.1 Å². The molecule has 1 saturated heterocycles. The van der Waals surface area contributed by atoms with Crippen molar-refractivity contribution >= 4 is 29.6 Å². The molecule has 0 bridgehead atoms. The minimum Gasteiger partial charge on any atom is -0.507 e. The van der Waals surface area contributed by atoms with Gasteiger partial charge in [0.15, 0.2) is 6.29 Å². The van der Waals surface area contributed by atoms with Gasteiger partial charge in [-0.1, -0.05) is 24.3 Å². The summed E-state index contributed by atoms with van der Waals surface area (Å²) < 4.78 is 10.9. The van der Waals surface area contributed by atoms with Gasteiger partial charge in [0, 0.05) is 0 Å². The van der Waals surface area contributed by atoms with Crippen LogP contribution in [0.15, 0.2) is 30.3 Å². The number of aromatic hydroxyl groups is 1. The third-order valence-electron chi connectivity index (χ3n) is 3.07. The molecular weight excluding hydrogens is 231 g/mol. The van der Waals surface area contributed by atoms with Crippen molar-refractivity contribution in [2.45, 2.75) is 0 Å². The minimum absolute atomic E-state index is 0.00128. The Bertz CT molecular complexity index is 605. The first kappa shape index (κ1) is 11.3. The molecule has 1 heterocycles. The van der Waals surface area contributed by atoms with Crippen molar-refractivity contribution in [1.82, 2.24) is 0 Å². The number of carbonyl (C=O) groups is 1. The van der Waals surface area contributed by atoms with Crippen LogP contribution in [0.4, 0.5) is 0 Å².